The normalized spacial score (nSPS) is 14.1. The lowest BCUT2D eigenvalue weighted by atomic mass is 9.96. The zero-order valence-corrected chi connectivity index (χ0v) is 10.9. The Hall–Kier alpha value is -1.35. The van der Waals surface area contributed by atoms with Gasteiger partial charge in [0, 0.05) is 5.69 Å². The van der Waals surface area contributed by atoms with Crippen LogP contribution in [0.25, 0.3) is 0 Å². The molecular weight excluding hydrogens is 212 g/mol. The molecule has 3 nitrogen and oxygen atoms in total. The van der Waals surface area contributed by atoms with Crippen LogP contribution in [-0.4, -0.2) is 11.4 Å². The summed E-state index contributed by atoms with van der Waals surface area (Å²) >= 11 is 0. The number of amides is 1. The van der Waals surface area contributed by atoms with E-state index in [1.54, 1.807) is 6.92 Å². The first-order chi connectivity index (χ1) is 8.01. The Kier molecular flexibility index (Phi) is 4.70. The molecular formula is C14H22N2O. The van der Waals surface area contributed by atoms with Crippen LogP contribution in [0.1, 0.15) is 39.2 Å². The molecule has 0 aliphatic carbocycles. The van der Waals surface area contributed by atoms with Crippen molar-refractivity contribution < 1.29 is 4.79 Å². The van der Waals surface area contributed by atoms with E-state index in [9.17, 15) is 4.79 Å². The quantitative estimate of drug-likeness (QED) is 0.823. The van der Waals surface area contributed by atoms with E-state index in [2.05, 4.69) is 12.2 Å². The third-order valence-corrected chi connectivity index (χ3v) is 2.93. The van der Waals surface area contributed by atoms with E-state index in [0.29, 0.717) is 6.42 Å². The van der Waals surface area contributed by atoms with E-state index in [1.807, 2.05) is 31.2 Å². The molecule has 0 bridgehead atoms. The second-order valence-electron chi connectivity index (χ2n) is 4.63. The molecule has 0 spiro atoms. The van der Waals surface area contributed by atoms with Gasteiger partial charge in [-0.05, 0) is 31.4 Å². The Morgan fingerprint density at radius 3 is 2.59 bits per heavy atom. The number of hydrogen-bond donors (Lipinski definition) is 2. The Balaban J connectivity index is 2.80. The first kappa shape index (κ1) is 13.7. The van der Waals surface area contributed by atoms with Crippen LogP contribution in [0.15, 0.2) is 24.3 Å². The molecule has 3 heteroatoms. The van der Waals surface area contributed by atoms with Crippen molar-refractivity contribution in [1.82, 2.24) is 0 Å². The third-order valence-electron chi connectivity index (χ3n) is 2.93. The maximum atomic E-state index is 12.1. The fourth-order valence-corrected chi connectivity index (χ4v) is 1.85. The molecule has 0 heterocycles. The first-order valence-electron chi connectivity index (χ1n) is 6.19. The summed E-state index contributed by atoms with van der Waals surface area (Å²) in [5, 5.41) is 2.92. The molecule has 3 N–H and O–H groups in total. The molecule has 1 rings (SSSR count). The van der Waals surface area contributed by atoms with Crippen molar-refractivity contribution in [2.75, 3.05) is 5.32 Å². The monoisotopic (exact) mass is 234 g/mol. The molecule has 1 unspecified atom stereocenters. The number of para-hydroxylation sites is 1. The molecule has 0 aliphatic heterocycles. The minimum atomic E-state index is -0.796. The lowest BCUT2D eigenvalue weighted by molar-refractivity contribution is -0.120. The van der Waals surface area contributed by atoms with Gasteiger partial charge in [0.25, 0.3) is 0 Å². The van der Waals surface area contributed by atoms with Gasteiger partial charge in [-0.2, -0.15) is 0 Å². The highest BCUT2D eigenvalue weighted by Gasteiger charge is 2.27. The van der Waals surface area contributed by atoms with E-state index >= 15 is 0 Å². The van der Waals surface area contributed by atoms with Crippen LogP contribution in [-0.2, 0) is 11.2 Å². The predicted molar refractivity (Wildman–Crippen MR) is 72.0 cm³/mol. The molecule has 17 heavy (non-hydrogen) atoms. The summed E-state index contributed by atoms with van der Waals surface area (Å²) in [4.78, 5) is 12.1. The van der Waals surface area contributed by atoms with Gasteiger partial charge in [-0.15, -0.1) is 0 Å². The number of anilines is 1. The first-order valence-corrected chi connectivity index (χ1v) is 6.19. The Labute approximate surface area is 103 Å². The molecule has 1 aromatic rings. The summed E-state index contributed by atoms with van der Waals surface area (Å²) in [6, 6.07) is 7.83. The number of nitrogens with two attached hydrogens (primary N) is 1. The van der Waals surface area contributed by atoms with Gasteiger partial charge in [0.1, 0.15) is 0 Å². The van der Waals surface area contributed by atoms with Crippen LogP contribution in [0.4, 0.5) is 5.69 Å². The van der Waals surface area contributed by atoms with Gasteiger partial charge in [0.05, 0.1) is 5.54 Å². The van der Waals surface area contributed by atoms with Crippen molar-refractivity contribution in [3.63, 3.8) is 0 Å². The van der Waals surface area contributed by atoms with Crippen molar-refractivity contribution in [3.8, 4) is 0 Å². The van der Waals surface area contributed by atoms with Crippen molar-refractivity contribution in [3.05, 3.63) is 29.8 Å². The Morgan fingerprint density at radius 1 is 1.35 bits per heavy atom. The summed E-state index contributed by atoms with van der Waals surface area (Å²) < 4.78 is 0. The van der Waals surface area contributed by atoms with Gasteiger partial charge in [-0.25, -0.2) is 0 Å². The van der Waals surface area contributed by atoms with Gasteiger partial charge in [0.15, 0.2) is 0 Å². The van der Waals surface area contributed by atoms with Gasteiger partial charge >= 0.3 is 0 Å². The summed E-state index contributed by atoms with van der Waals surface area (Å²) in [6.45, 7) is 5.87. The minimum Gasteiger partial charge on any atom is -0.324 e. The van der Waals surface area contributed by atoms with E-state index in [1.165, 1.54) is 0 Å². The topological polar surface area (TPSA) is 55.1 Å². The van der Waals surface area contributed by atoms with E-state index in [0.717, 1.165) is 24.1 Å². The van der Waals surface area contributed by atoms with Crippen molar-refractivity contribution in [1.29, 1.82) is 0 Å². The average Bonchev–Trinajstić information content (AvgIpc) is 2.29. The number of carbonyl (C=O) groups excluding carboxylic acids is 1. The second kappa shape index (κ2) is 5.82. The van der Waals surface area contributed by atoms with Gasteiger partial charge < -0.3 is 11.1 Å². The zero-order chi connectivity index (χ0) is 12.9. The Morgan fingerprint density at radius 2 is 2.00 bits per heavy atom. The summed E-state index contributed by atoms with van der Waals surface area (Å²) in [5.74, 6) is -0.111. The Bertz CT molecular complexity index is 386. The minimum absolute atomic E-state index is 0.111. The van der Waals surface area contributed by atoms with Crippen LogP contribution in [0.3, 0.4) is 0 Å². The lowest BCUT2D eigenvalue weighted by Gasteiger charge is -2.23. The third kappa shape index (κ3) is 3.56. The van der Waals surface area contributed by atoms with E-state index in [4.69, 9.17) is 5.73 Å². The van der Waals surface area contributed by atoms with E-state index in [-0.39, 0.29) is 5.91 Å². The molecule has 0 radical (unpaired) electrons. The summed E-state index contributed by atoms with van der Waals surface area (Å²) in [6.07, 6.45) is 2.48. The molecule has 0 saturated heterocycles. The molecule has 94 valence electrons. The highest BCUT2D eigenvalue weighted by molar-refractivity contribution is 5.98. The summed E-state index contributed by atoms with van der Waals surface area (Å²) in [5.41, 5.74) is 7.20. The molecule has 1 atom stereocenters. The van der Waals surface area contributed by atoms with Crippen LogP contribution < -0.4 is 11.1 Å². The smallest absolute Gasteiger partial charge is 0.244 e. The predicted octanol–water partition coefficient (Wildman–Crippen LogP) is 2.71. The maximum Gasteiger partial charge on any atom is 0.244 e. The van der Waals surface area contributed by atoms with Crippen LogP contribution in [0.5, 0.6) is 0 Å². The SMILES string of the molecule is CCCC(C)(N)C(=O)Nc1ccccc1CC. The van der Waals surface area contributed by atoms with E-state index < -0.39 is 5.54 Å². The molecule has 0 saturated carbocycles. The fourth-order valence-electron chi connectivity index (χ4n) is 1.85. The standard InChI is InChI=1S/C14H22N2O/c1-4-10-14(3,15)13(17)16-12-9-7-6-8-11(12)5-2/h6-9H,4-5,10,15H2,1-3H3,(H,16,17). The number of hydrogen-bond acceptors (Lipinski definition) is 2. The van der Waals surface area contributed by atoms with Crippen molar-refractivity contribution in [2.24, 2.45) is 5.73 Å². The number of aryl methyl sites for hydroxylation is 1. The number of nitrogens with one attached hydrogen (secondary N) is 1. The highest BCUT2D eigenvalue weighted by atomic mass is 16.2. The average molecular weight is 234 g/mol. The number of benzene rings is 1. The molecule has 0 aliphatic rings. The molecule has 0 aromatic heterocycles. The van der Waals surface area contributed by atoms with Crippen LogP contribution >= 0.6 is 0 Å². The van der Waals surface area contributed by atoms with Crippen molar-refractivity contribution in [2.45, 2.75) is 45.6 Å². The largest absolute Gasteiger partial charge is 0.324 e. The molecule has 0 fully saturated rings. The fraction of sp³-hybridized carbons (Fsp3) is 0.500. The molecule has 1 aromatic carbocycles. The zero-order valence-electron chi connectivity index (χ0n) is 10.9. The van der Waals surface area contributed by atoms with Gasteiger partial charge in [-0.1, -0.05) is 38.5 Å². The van der Waals surface area contributed by atoms with Crippen molar-refractivity contribution >= 4 is 11.6 Å². The van der Waals surface area contributed by atoms with Gasteiger partial charge in [-0.3, -0.25) is 4.79 Å². The maximum absolute atomic E-state index is 12.1. The lowest BCUT2D eigenvalue weighted by Crippen LogP contribution is -2.48. The second-order valence-corrected chi connectivity index (χ2v) is 4.63. The highest BCUT2D eigenvalue weighted by Crippen LogP contribution is 2.18. The molecule has 1 amide bonds. The van der Waals surface area contributed by atoms with Gasteiger partial charge in [0.2, 0.25) is 5.91 Å². The number of carbonyl (C=O) groups is 1. The van der Waals surface area contributed by atoms with Crippen LogP contribution in [0.2, 0.25) is 0 Å². The summed E-state index contributed by atoms with van der Waals surface area (Å²) in [7, 11) is 0. The number of rotatable bonds is 5. The van der Waals surface area contributed by atoms with Crippen LogP contribution in [0, 0.1) is 0 Å².